The number of fused-ring (bicyclic) bond motifs is 1. The van der Waals surface area contributed by atoms with Crippen LogP contribution < -0.4 is 10.9 Å². The number of likely N-dealkylation sites (tertiary alicyclic amines) is 1. The molecule has 8 heteroatoms. The predicted molar refractivity (Wildman–Crippen MR) is 112 cm³/mol. The summed E-state index contributed by atoms with van der Waals surface area (Å²) in [5.74, 6) is -0.294. The zero-order valence-corrected chi connectivity index (χ0v) is 17.1. The second kappa shape index (κ2) is 8.14. The van der Waals surface area contributed by atoms with Crippen LogP contribution in [0.1, 0.15) is 40.2 Å². The van der Waals surface area contributed by atoms with Gasteiger partial charge in [-0.1, -0.05) is 29.8 Å². The zero-order chi connectivity index (χ0) is 21.3. The van der Waals surface area contributed by atoms with Gasteiger partial charge in [0.05, 0.1) is 0 Å². The molecule has 1 aromatic carbocycles. The largest absolute Gasteiger partial charge is 0.352 e. The Hall–Kier alpha value is -3.42. The molecule has 0 unspecified atom stereocenters. The average molecular weight is 407 g/mol. The fourth-order valence-corrected chi connectivity index (χ4v) is 3.77. The molecule has 0 radical (unpaired) electrons. The Kier molecular flexibility index (Phi) is 5.39. The van der Waals surface area contributed by atoms with Crippen LogP contribution in [0.4, 0.5) is 0 Å². The van der Waals surface area contributed by atoms with Gasteiger partial charge in [0, 0.05) is 43.5 Å². The third-order valence-electron chi connectivity index (χ3n) is 5.55. The van der Waals surface area contributed by atoms with Gasteiger partial charge in [0.25, 0.3) is 11.5 Å². The Labute approximate surface area is 173 Å². The van der Waals surface area contributed by atoms with Crippen molar-refractivity contribution < 1.29 is 9.59 Å². The Morgan fingerprint density at radius 1 is 1.17 bits per heavy atom. The van der Waals surface area contributed by atoms with E-state index < -0.39 is 0 Å². The number of hydrogen-bond acceptors (Lipinski definition) is 4. The number of carbonyl (C=O) groups excluding carboxylic acids is 2. The molecule has 156 valence electrons. The van der Waals surface area contributed by atoms with Gasteiger partial charge in [-0.15, -0.1) is 0 Å². The molecule has 1 saturated heterocycles. The first-order valence-corrected chi connectivity index (χ1v) is 10.1. The fraction of sp³-hybridized carbons (Fsp3) is 0.364. The normalized spacial score (nSPS) is 14.8. The number of benzene rings is 1. The number of aromatic nitrogens is 3. The van der Waals surface area contributed by atoms with Gasteiger partial charge in [0.2, 0.25) is 5.91 Å². The topological polar surface area (TPSA) is 99.6 Å². The van der Waals surface area contributed by atoms with Crippen LogP contribution in [0.15, 0.2) is 41.3 Å². The van der Waals surface area contributed by atoms with Crippen LogP contribution in [0.5, 0.6) is 0 Å². The van der Waals surface area contributed by atoms with Crippen molar-refractivity contribution >= 4 is 17.3 Å². The molecule has 1 aliphatic heterocycles. The average Bonchev–Trinajstić information content (AvgIpc) is 3.17. The Bertz CT molecular complexity index is 1140. The summed E-state index contributed by atoms with van der Waals surface area (Å²) in [5.41, 5.74) is 3.24. The molecule has 2 amide bonds. The van der Waals surface area contributed by atoms with Crippen LogP contribution in [0.3, 0.4) is 0 Å². The van der Waals surface area contributed by atoms with Crippen molar-refractivity contribution in [3.63, 3.8) is 0 Å². The molecule has 0 aliphatic carbocycles. The van der Waals surface area contributed by atoms with E-state index in [-0.39, 0.29) is 29.0 Å². The van der Waals surface area contributed by atoms with Crippen LogP contribution in [0, 0.1) is 19.8 Å². The van der Waals surface area contributed by atoms with Crippen molar-refractivity contribution in [3.05, 3.63) is 69.4 Å². The lowest BCUT2D eigenvalue weighted by Gasteiger charge is -2.30. The van der Waals surface area contributed by atoms with E-state index in [0.29, 0.717) is 43.7 Å². The number of nitrogens with zero attached hydrogens (tertiary/aromatic N) is 3. The van der Waals surface area contributed by atoms with Crippen molar-refractivity contribution in [1.82, 2.24) is 24.8 Å². The number of carbonyl (C=O) groups is 2. The van der Waals surface area contributed by atoms with Crippen LogP contribution in [0.25, 0.3) is 5.52 Å². The second-order valence-electron chi connectivity index (χ2n) is 7.90. The smallest absolute Gasteiger partial charge is 0.274 e. The maximum absolute atomic E-state index is 12.8. The predicted octanol–water partition coefficient (Wildman–Crippen LogP) is 1.81. The van der Waals surface area contributed by atoms with Crippen LogP contribution in [-0.4, -0.2) is 44.4 Å². The van der Waals surface area contributed by atoms with E-state index in [1.54, 1.807) is 18.0 Å². The van der Waals surface area contributed by atoms with E-state index in [2.05, 4.69) is 15.4 Å². The number of aromatic amines is 1. The minimum atomic E-state index is -0.273. The lowest BCUT2D eigenvalue weighted by Crippen LogP contribution is -2.43. The quantitative estimate of drug-likeness (QED) is 0.689. The standard InChI is InChI=1S/C22H25N5O3/c1-14-3-5-16(6-4-14)12-23-20(28)17-7-9-26(10-8-17)22(30)18-11-19-21(29)24-15(2)13-27(19)25-18/h3-6,11,13,17H,7-10,12H2,1-2H3,(H,23,28)(H,24,29). The maximum Gasteiger partial charge on any atom is 0.274 e. The molecule has 2 N–H and O–H groups in total. The molecule has 3 heterocycles. The first kappa shape index (κ1) is 19.9. The molecule has 0 spiro atoms. The Balaban J connectivity index is 1.34. The highest BCUT2D eigenvalue weighted by molar-refractivity contribution is 5.93. The summed E-state index contributed by atoms with van der Waals surface area (Å²) in [4.78, 5) is 41.8. The molecule has 2 aromatic heterocycles. The SMILES string of the molecule is Cc1ccc(CNC(=O)C2CCN(C(=O)c3cc4c(=O)[nH]c(C)cn4n3)CC2)cc1. The molecule has 30 heavy (non-hydrogen) atoms. The highest BCUT2D eigenvalue weighted by atomic mass is 16.2. The van der Waals surface area contributed by atoms with Gasteiger partial charge in [0.15, 0.2) is 5.69 Å². The summed E-state index contributed by atoms with van der Waals surface area (Å²) in [6, 6.07) is 9.59. The molecule has 0 atom stereocenters. The van der Waals surface area contributed by atoms with E-state index in [4.69, 9.17) is 0 Å². The van der Waals surface area contributed by atoms with E-state index in [1.807, 2.05) is 31.2 Å². The van der Waals surface area contributed by atoms with Gasteiger partial charge < -0.3 is 15.2 Å². The first-order chi connectivity index (χ1) is 14.4. The molecular formula is C22H25N5O3. The molecular weight excluding hydrogens is 382 g/mol. The first-order valence-electron chi connectivity index (χ1n) is 10.1. The van der Waals surface area contributed by atoms with Crippen molar-refractivity contribution in [1.29, 1.82) is 0 Å². The minimum absolute atomic E-state index is 0.0254. The lowest BCUT2D eigenvalue weighted by molar-refractivity contribution is -0.126. The lowest BCUT2D eigenvalue weighted by atomic mass is 9.95. The summed E-state index contributed by atoms with van der Waals surface area (Å²) in [5, 5.41) is 7.26. The molecule has 0 saturated carbocycles. The summed E-state index contributed by atoms with van der Waals surface area (Å²) in [7, 11) is 0. The fourth-order valence-electron chi connectivity index (χ4n) is 3.77. The molecule has 8 nitrogen and oxygen atoms in total. The van der Waals surface area contributed by atoms with Crippen LogP contribution in [-0.2, 0) is 11.3 Å². The van der Waals surface area contributed by atoms with Gasteiger partial charge in [-0.25, -0.2) is 4.52 Å². The van der Waals surface area contributed by atoms with Crippen molar-refractivity contribution in [3.8, 4) is 0 Å². The van der Waals surface area contributed by atoms with Gasteiger partial charge in [0.1, 0.15) is 5.52 Å². The Morgan fingerprint density at radius 3 is 2.57 bits per heavy atom. The third kappa shape index (κ3) is 4.12. The third-order valence-corrected chi connectivity index (χ3v) is 5.55. The number of rotatable bonds is 4. The number of amides is 2. The molecule has 0 bridgehead atoms. The zero-order valence-electron chi connectivity index (χ0n) is 17.1. The number of aryl methyl sites for hydroxylation is 2. The Morgan fingerprint density at radius 2 is 1.87 bits per heavy atom. The van der Waals surface area contributed by atoms with Crippen molar-refractivity contribution in [2.75, 3.05) is 13.1 Å². The van der Waals surface area contributed by atoms with Gasteiger partial charge >= 0.3 is 0 Å². The molecule has 1 fully saturated rings. The van der Waals surface area contributed by atoms with Crippen LogP contribution >= 0.6 is 0 Å². The van der Waals surface area contributed by atoms with Gasteiger partial charge in [-0.05, 0) is 32.3 Å². The van der Waals surface area contributed by atoms with E-state index >= 15 is 0 Å². The van der Waals surface area contributed by atoms with Gasteiger partial charge in [-0.3, -0.25) is 14.4 Å². The van der Waals surface area contributed by atoms with Crippen molar-refractivity contribution in [2.24, 2.45) is 5.92 Å². The van der Waals surface area contributed by atoms with Crippen LogP contribution in [0.2, 0.25) is 0 Å². The number of H-pyrrole nitrogens is 1. The number of hydrogen-bond donors (Lipinski definition) is 2. The molecule has 3 aromatic rings. The van der Waals surface area contributed by atoms with Gasteiger partial charge in [-0.2, -0.15) is 5.10 Å². The van der Waals surface area contributed by atoms with E-state index in [1.165, 1.54) is 16.1 Å². The summed E-state index contributed by atoms with van der Waals surface area (Å²) >= 11 is 0. The monoisotopic (exact) mass is 407 g/mol. The summed E-state index contributed by atoms with van der Waals surface area (Å²) in [6.45, 7) is 5.28. The molecule has 1 aliphatic rings. The highest BCUT2D eigenvalue weighted by Crippen LogP contribution is 2.19. The van der Waals surface area contributed by atoms with E-state index in [0.717, 1.165) is 5.56 Å². The highest BCUT2D eigenvalue weighted by Gasteiger charge is 2.29. The maximum atomic E-state index is 12.8. The van der Waals surface area contributed by atoms with Crippen molar-refractivity contribution in [2.45, 2.75) is 33.2 Å². The summed E-state index contributed by atoms with van der Waals surface area (Å²) < 4.78 is 1.44. The number of nitrogens with one attached hydrogen (secondary N) is 2. The summed E-state index contributed by atoms with van der Waals surface area (Å²) in [6.07, 6.45) is 2.90. The minimum Gasteiger partial charge on any atom is -0.352 e. The molecule has 4 rings (SSSR count). The van der Waals surface area contributed by atoms with E-state index in [9.17, 15) is 14.4 Å². The second-order valence-corrected chi connectivity index (χ2v) is 7.90. The number of piperidine rings is 1.